The average Bonchev–Trinajstić information content (AvgIpc) is 2.77. The van der Waals surface area contributed by atoms with Gasteiger partial charge < -0.3 is 19.3 Å². The van der Waals surface area contributed by atoms with Gasteiger partial charge in [0.25, 0.3) is 11.6 Å². The molecule has 0 saturated heterocycles. The number of Topliss-reactive ketones (excluding diaryl/α,β-unsaturated/α-hetero) is 2. The monoisotopic (exact) mass is 414 g/mol. The third kappa shape index (κ3) is 5.74. The standard InChI is InChI=1S/C22H22O8/c1-13(29-21(26)19(24)16-6-4-15(12-23)5-7-16)14(2)30-22(27)20(25)17-8-10-18(28-3)11-9-17/h4-11,13-14,23H,12H2,1-3H3. The molecule has 0 aromatic heterocycles. The summed E-state index contributed by atoms with van der Waals surface area (Å²) in [6, 6.07) is 11.8. The molecule has 0 aliphatic heterocycles. The molecule has 158 valence electrons. The van der Waals surface area contributed by atoms with E-state index in [0.29, 0.717) is 11.3 Å². The Morgan fingerprint density at radius 2 is 1.17 bits per heavy atom. The zero-order valence-electron chi connectivity index (χ0n) is 16.8. The van der Waals surface area contributed by atoms with Crippen molar-refractivity contribution in [2.75, 3.05) is 7.11 Å². The first-order valence-corrected chi connectivity index (χ1v) is 9.11. The lowest BCUT2D eigenvalue weighted by atomic mass is 10.1. The molecule has 2 aromatic carbocycles. The minimum Gasteiger partial charge on any atom is -0.497 e. The highest BCUT2D eigenvalue weighted by molar-refractivity contribution is 6.41. The number of carbonyl (C=O) groups excluding carboxylic acids is 4. The highest BCUT2D eigenvalue weighted by Gasteiger charge is 2.27. The maximum Gasteiger partial charge on any atom is 0.380 e. The van der Waals surface area contributed by atoms with Gasteiger partial charge in [0.1, 0.15) is 18.0 Å². The first-order valence-electron chi connectivity index (χ1n) is 9.11. The second-order valence-corrected chi connectivity index (χ2v) is 6.46. The fourth-order valence-corrected chi connectivity index (χ4v) is 2.38. The average molecular weight is 414 g/mol. The third-order valence-corrected chi connectivity index (χ3v) is 4.37. The number of hydrogen-bond donors (Lipinski definition) is 1. The van der Waals surface area contributed by atoms with Crippen molar-refractivity contribution in [3.8, 4) is 5.75 Å². The van der Waals surface area contributed by atoms with E-state index in [0.717, 1.165) is 0 Å². The Hall–Kier alpha value is -3.52. The van der Waals surface area contributed by atoms with E-state index in [4.69, 9.17) is 19.3 Å². The molecule has 0 spiro atoms. The normalized spacial score (nSPS) is 12.4. The van der Waals surface area contributed by atoms with Crippen LogP contribution in [-0.4, -0.2) is 47.9 Å². The number of hydrogen-bond acceptors (Lipinski definition) is 8. The summed E-state index contributed by atoms with van der Waals surface area (Å²) in [5.41, 5.74) is 0.818. The van der Waals surface area contributed by atoms with Gasteiger partial charge in [-0.1, -0.05) is 24.3 Å². The van der Waals surface area contributed by atoms with E-state index in [1.807, 2.05) is 0 Å². The van der Waals surface area contributed by atoms with E-state index in [-0.39, 0.29) is 17.7 Å². The van der Waals surface area contributed by atoms with Crippen LogP contribution in [0.4, 0.5) is 0 Å². The van der Waals surface area contributed by atoms with E-state index in [1.54, 1.807) is 0 Å². The smallest absolute Gasteiger partial charge is 0.380 e. The summed E-state index contributed by atoms with van der Waals surface area (Å²) in [4.78, 5) is 48.5. The summed E-state index contributed by atoms with van der Waals surface area (Å²) < 4.78 is 15.1. The Kier molecular flexibility index (Phi) is 7.83. The second kappa shape index (κ2) is 10.3. The van der Waals surface area contributed by atoms with Gasteiger partial charge >= 0.3 is 11.9 Å². The number of aliphatic hydroxyl groups excluding tert-OH is 1. The van der Waals surface area contributed by atoms with E-state index < -0.39 is 35.7 Å². The highest BCUT2D eigenvalue weighted by Crippen LogP contribution is 2.14. The third-order valence-electron chi connectivity index (χ3n) is 4.37. The van der Waals surface area contributed by atoms with Crippen molar-refractivity contribution >= 4 is 23.5 Å². The molecule has 2 unspecified atom stereocenters. The van der Waals surface area contributed by atoms with Crippen molar-refractivity contribution < 1.29 is 38.5 Å². The van der Waals surface area contributed by atoms with Crippen molar-refractivity contribution in [2.24, 2.45) is 0 Å². The van der Waals surface area contributed by atoms with E-state index in [1.165, 1.54) is 69.5 Å². The SMILES string of the molecule is COc1ccc(C(=O)C(=O)OC(C)C(C)OC(=O)C(=O)c2ccc(CO)cc2)cc1. The van der Waals surface area contributed by atoms with Gasteiger partial charge in [0.2, 0.25) is 0 Å². The van der Waals surface area contributed by atoms with Gasteiger partial charge in [-0.2, -0.15) is 0 Å². The lowest BCUT2D eigenvalue weighted by Crippen LogP contribution is -2.34. The van der Waals surface area contributed by atoms with Crippen LogP contribution in [0.5, 0.6) is 5.75 Å². The number of ketones is 2. The molecule has 0 saturated carbocycles. The van der Waals surface area contributed by atoms with Crippen molar-refractivity contribution in [1.82, 2.24) is 0 Å². The van der Waals surface area contributed by atoms with Gasteiger partial charge in [0.05, 0.1) is 13.7 Å². The van der Waals surface area contributed by atoms with Gasteiger partial charge in [-0.15, -0.1) is 0 Å². The van der Waals surface area contributed by atoms with Crippen LogP contribution in [0.2, 0.25) is 0 Å². The minimum atomic E-state index is -1.12. The van der Waals surface area contributed by atoms with Crippen LogP contribution in [0.1, 0.15) is 40.1 Å². The molecule has 2 rings (SSSR count). The van der Waals surface area contributed by atoms with Gasteiger partial charge in [-0.05, 0) is 43.7 Å². The molecular formula is C22H22O8. The number of esters is 2. The highest BCUT2D eigenvalue weighted by atomic mass is 16.6. The Bertz CT molecular complexity index is 838. The topological polar surface area (TPSA) is 116 Å². The molecule has 0 aliphatic rings. The zero-order chi connectivity index (χ0) is 22.3. The predicted molar refractivity (Wildman–Crippen MR) is 105 cm³/mol. The quantitative estimate of drug-likeness (QED) is 0.377. The number of benzene rings is 2. The Morgan fingerprint density at radius 1 is 0.767 bits per heavy atom. The number of aliphatic hydroxyl groups is 1. The maximum absolute atomic E-state index is 12.2. The molecule has 0 radical (unpaired) electrons. The summed E-state index contributed by atoms with van der Waals surface area (Å²) in [6.45, 7) is 2.70. The van der Waals surface area contributed by atoms with Gasteiger partial charge in [-0.3, -0.25) is 9.59 Å². The van der Waals surface area contributed by atoms with Crippen LogP contribution in [0.15, 0.2) is 48.5 Å². The van der Waals surface area contributed by atoms with Crippen LogP contribution >= 0.6 is 0 Å². The summed E-state index contributed by atoms with van der Waals surface area (Å²) in [5, 5.41) is 9.02. The number of rotatable bonds is 9. The lowest BCUT2D eigenvalue weighted by Gasteiger charge is -2.20. The minimum absolute atomic E-state index is 0.101. The van der Waals surface area contributed by atoms with Gasteiger partial charge in [0, 0.05) is 11.1 Å². The Labute approximate surface area is 173 Å². The maximum atomic E-state index is 12.2. The summed E-state index contributed by atoms with van der Waals surface area (Å²) in [7, 11) is 1.48. The van der Waals surface area contributed by atoms with Crippen molar-refractivity contribution in [3.05, 3.63) is 65.2 Å². The molecular weight excluding hydrogens is 392 g/mol. The van der Waals surface area contributed by atoms with Crippen molar-refractivity contribution in [1.29, 1.82) is 0 Å². The molecule has 8 heteroatoms. The molecule has 0 heterocycles. The molecule has 0 bridgehead atoms. The van der Waals surface area contributed by atoms with Crippen LogP contribution in [0.3, 0.4) is 0 Å². The van der Waals surface area contributed by atoms with Crippen LogP contribution < -0.4 is 4.74 Å². The second-order valence-electron chi connectivity index (χ2n) is 6.46. The van der Waals surface area contributed by atoms with Gasteiger partial charge in [0.15, 0.2) is 0 Å². The molecule has 0 amide bonds. The molecule has 2 aromatic rings. The fraction of sp³-hybridized carbons (Fsp3) is 0.273. The molecule has 2 atom stereocenters. The number of methoxy groups -OCH3 is 1. The van der Waals surface area contributed by atoms with Crippen LogP contribution in [0, 0.1) is 0 Å². The van der Waals surface area contributed by atoms with E-state index >= 15 is 0 Å². The number of ether oxygens (including phenoxy) is 3. The van der Waals surface area contributed by atoms with Crippen molar-refractivity contribution in [2.45, 2.75) is 32.7 Å². The molecule has 0 fully saturated rings. The predicted octanol–water partition coefficient (Wildman–Crippen LogP) is 2.12. The van der Waals surface area contributed by atoms with Crippen LogP contribution in [-0.2, 0) is 25.7 Å². The Balaban J connectivity index is 1.92. The summed E-state index contributed by atoms with van der Waals surface area (Å²) >= 11 is 0. The summed E-state index contributed by atoms with van der Waals surface area (Å²) in [5.74, 6) is -3.43. The van der Waals surface area contributed by atoms with Gasteiger partial charge in [-0.25, -0.2) is 9.59 Å². The van der Waals surface area contributed by atoms with Crippen LogP contribution in [0.25, 0.3) is 0 Å². The number of carbonyl (C=O) groups is 4. The fourth-order valence-electron chi connectivity index (χ4n) is 2.38. The van der Waals surface area contributed by atoms with Crippen molar-refractivity contribution in [3.63, 3.8) is 0 Å². The Morgan fingerprint density at radius 3 is 1.53 bits per heavy atom. The van der Waals surface area contributed by atoms with E-state index in [2.05, 4.69) is 0 Å². The van der Waals surface area contributed by atoms with E-state index in [9.17, 15) is 19.2 Å². The molecule has 30 heavy (non-hydrogen) atoms. The molecule has 1 N–H and O–H groups in total. The molecule has 8 nitrogen and oxygen atoms in total. The first kappa shape index (κ1) is 22.8. The zero-order valence-corrected chi connectivity index (χ0v) is 16.8. The molecule has 0 aliphatic carbocycles. The summed E-state index contributed by atoms with van der Waals surface area (Å²) in [6.07, 6.45) is -1.93. The lowest BCUT2D eigenvalue weighted by molar-refractivity contribution is -0.158. The largest absolute Gasteiger partial charge is 0.497 e. The first-order chi connectivity index (χ1) is 14.3.